The summed E-state index contributed by atoms with van der Waals surface area (Å²) in [5.41, 5.74) is -0.449. The van der Waals surface area contributed by atoms with E-state index in [4.69, 9.17) is 9.84 Å². The number of amides is 1. The molecule has 110 valence electrons. The van der Waals surface area contributed by atoms with E-state index in [-0.39, 0.29) is 12.5 Å². The molecule has 0 radical (unpaired) electrons. The lowest BCUT2D eigenvalue weighted by Gasteiger charge is -2.33. The summed E-state index contributed by atoms with van der Waals surface area (Å²) in [4.78, 5) is 24.0. The molecule has 0 saturated carbocycles. The maximum atomic E-state index is 11.8. The molecular weight excluding hydrogens is 246 g/mol. The second-order valence-corrected chi connectivity index (χ2v) is 6.20. The second-order valence-electron chi connectivity index (χ2n) is 6.20. The van der Waals surface area contributed by atoms with Gasteiger partial charge in [-0.1, -0.05) is 0 Å². The van der Waals surface area contributed by atoms with Crippen molar-refractivity contribution in [3.8, 4) is 0 Å². The van der Waals surface area contributed by atoms with Crippen LogP contribution in [-0.2, 0) is 9.53 Å². The number of hydrogen-bond acceptors (Lipinski definition) is 3. The number of ether oxygens (including phenoxy) is 1. The number of piperidine rings is 1. The third-order valence-electron chi connectivity index (χ3n) is 3.27. The fraction of sp³-hybridized carbons (Fsp3) is 0.857. The van der Waals surface area contributed by atoms with Gasteiger partial charge >= 0.3 is 12.1 Å². The van der Waals surface area contributed by atoms with Crippen LogP contribution in [0.25, 0.3) is 0 Å². The van der Waals surface area contributed by atoms with E-state index in [1.54, 1.807) is 4.90 Å². The Balaban J connectivity index is 2.25. The Bertz CT molecular complexity index is 314. The van der Waals surface area contributed by atoms with Crippen LogP contribution in [0.4, 0.5) is 4.79 Å². The van der Waals surface area contributed by atoms with Crippen LogP contribution in [-0.4, -0.2) is 40.8 Å². The molecule has 1 aliphatic heterocycles. The van der Waals surface area contributed by atoms with Crippen molar-refractivity contribution in [2.45, 2.75) is 58.5 Å². The van der Waals surface area contributed by atoms with E-state index in [0.29, 0.717) is 19.0 Å². The van der Waals surface area contributed by atoms with Crippen LogP contribution in [0.2, 0.25) is 0 Å². The zero-order valence-corrected chi connectivity index (χ0v) is 12.1. The molecule has 1 fully saturated rings. The monoisotopic (exact) mass is 271 g/mol. The topological polar surface area (TPSA) is 66.8 Å². The number of carbonyl (C=O) groups excluding carboxylic acids is 1. The van der Waals surface area contributed by atoms with Crippen LogP contribution in [0.5, 0.6) is 0 Å². The summed E-state index contributed by atoms with van der Waals surface area (Å²) in [6.45, 7) is 7.02. The van der Waals surface area contributed by atoms with Crippen molar-refractivity contribution in [3.05, 3.63) is 0 Å². The average molecular weight is 271 g/mol. The number of carbonyl (C=O) groups is 2. The molecular formula is C14H25NO4. The van der Waals surface area contributed by atoms with E-state index < -0.39 is 11.6 Å². The first-order valence-electron chi connectivity index (χ1n) is 6.97. The van der Waals surface area contributed by atoms with Gasteiger partial charge in [0.05, 0.1) is 0 Å². The van der Waals surface area contributed by atoms with Gasteiger partial charge in [0.15, 0.2) is 0 Å². The largest absolute Gasteiger partial charge is 0.481 e. The van der Waals surface area contributed by atoms with Gasteiger partial charge in [-0.2, -0.15) is 0 Å². The molecule has 0 atom stereocenters. The fourth-order valence-electron chi connectivity index (χ4n) is 2.27. The van der Waals surface area contributed by atoms with Crippen LogP contribution in [0, 0.1) is 5.92 Å². The van der Waals surface area contributed by atoms with Crippen molar-refractivity contribution >= 4 is 12.1 Å². The van der Waals surface area contributed by atoms with Crippen LogP contribution in [0.15, 0.2) is 0 Å². The van der Waals surface area contributed by atoms with Gasteiger partial charge in [0.2, 0.25) is 0 Å². The molecule has 19 heavy (non-hydrogen) atoms. The quantitative estimate of drug-likeness (QED) is 0.853. The van der Waals surface area contributed by atoms with Gasteiger partial charge in [0, 0.05) is 19.5 Å². The number of carboxylic acid groups (broad SMARTS) is 1. The lowest BCUT2D eigenvalue weighted by molar-refractivity contribution is -0.137. The minimum Gasteiger partial charge on any atom is -0.481 e. The molecule has 0 aromatic carbocycles. The third-order valence-corrected chi connectivity index (χ3v) is 3.27. The number of likely N-dealkylation sites (tertiary alicyclic amines) is 1. The van der Waals surface area contributed by atoms with Crippen molar-refractivity contribution in [2.75, 3.05) is 13.1 Å². The predicted octanol–water partition coefficient (Wildman–Crippen LogP) is 2.89. The number of hydrogen-bond donors (Lipinski definition) is 1. The van der Waals surface area contributed by atoms with Crippen molar-refractivity contribution in [1.82, 2.24) is 4.90 Å². The standard InChI is InChI=1S/C14H25NO4/c1-14(2,3)19-13(18)15-9-7-11(8-10-15)5-4-6-12(16)17/h11H,4-10H2,1-3H3,(H,16,17). The van der Waals surface area contributed by atoms with Gasteiger partial charge in [-0.25, -0.2) is 4.79 Å². The minimum absolute atomic E-state index is 0.239. The highest BCUT2D eigenvalue weighted by Gasteiger charge is 2.26. The summed E-state index contributed by atoms with van der Waals surface area (Å²) in [6.07, 6.45) is 3.56. The van der Waals surface area contributed by atoms with Crippen molar-refractivity contribution in [2.24, 2.45) is 5.92 Å². The Morgan fingerprint density at radius 3 is 2.32 bits per heavy atom. The Hall–Kier alpha value is -1.26. The first kappa shape index (κ1) is 15.8. The van der Waals surface area contributed by atoms with Gasteiger partial charge in [0.25, 0.3) is 0 Å². The van der Waals surface area contributed by atoms with E-state index in [0.717, 1.165) is 25.7 Å². The molecule has 1 N–H and O–H groups in total. The van der Waals surface area contributed by atoms with E-state index >= 15 is 0 Å². The maximum Gasteiger partial charge on any atom is 0.410 e. The van der Waals surface area contributed by atoms with Crippen molar-refractivity contribution < 1.29 is 19.4 Å². The van der Waals surface area contributed by atoms with Crippen LogP contribution < -0.4 is 0 Å². The van der Waals surface area contributed by atoms with Gasteiger partial charge in [-0.3, -0.25) is 4.79 Å². The number of nitrogens with zero attached hydrogens (tertiary/aromatic N) is 1. The summed E-state index contributed by atoms with van der Waals surface area (Å²) in [7, 11) is 0. The molecule has 1 rings (SSSR count). The zero-order valence-electron chi connectivity index (χ0n) is 12.1. The predicted molar refractivity (Wildman–Crippen MR) is 72.0 cm³/mol. The molecule has 0 aromatic heterocycles. The van der Waals surface area contributed by atoms with Crippen LogP contribution in [0.1, 0.15) is 52.9 Å². The molecule has 0 aliphatic carbocycles. The Morgan fingerprint density at radius 2 is 1.84 bits per heavy atom. The summed E-state index contributed by atoms with van der Waals surface area (Å²) in [6, 6.07) is 0. The first-order chi connectivity index (χ1) is 8.78. The van der Waals surface area contributed by atoms with E-state index in [2.05, 4.69) is 0 Å². The Labute approximate surface area is 114 Å². The molecule has 1 saturated heterocycles. The highest BCUT2D eigenvalue weighted by atomic mass is 16.6. The van der Waals surface area contributed by atoms with E-state index in [9.17, 15) is 9.59 Å². The summed E-state index contributed by atoms with van der Waals surface area (Å²) in [5, 5.41) is 8.60. The molecule has 1 heterocycles. The smallest absolute Gasteiger partial charge is 0.410 e. The van der Waals surface area contributed by atoms with E-state index in [1.807, 2.05) is 20.8 Å². The molecule has 0 unspecified atom stereocenters. The SMILES string of the molecule is CC(C)(C)OC(=O)N1CCC(CCCC(=O)O)CC1. The highest BCUT2D eigenvalue weighted by Crippen LogP contribution is 2.23. The Morgan fingerprint density at radius 1 is 1.26 bits per heavy atom. The highest BCUT2D eigenvalue weighted by molar-refractivity contribution is 5.68. The summed E-state index contributed by atoms with van der Waals surface area (Å²) in [5.74, 6) is -0.191. The molecule has 5 heteroatoms. The van der Waals surface area contributed by atoms with Gasteiger partial charge in [0.1, 0.15) is 5.60 Å². The van der Waals surface area contributed by atoms with Gasteiger partial charge < -0.3 is 14.7 Å². The summed E-state index contributed by atoms with van der Waals surface area (Å²) < 4.78 is 5.33. The fourth-order valence-corrected chi connectivity index (χ4v) is 2.27. The lowest BCUT2D eigenvalue weighted by atomic mass is 9.92. The van der Waals surface area contributed by atoms with E-state index in [1.165, 1.54) is 0 Å². The molecule has 0 aromatic rings. The molecule has 1 amide bonds. The molecule has 5 nitrogen and oxygen atoms in total. The average Bonchev–Trinajstić information content (AvgIpc) is 2.27. The molecule has 0 spiro atoms. The number of aliphatic carboxylic acids is 1. The van der Waals surface area contributed by atoms with Gasteiger partial charge in [-0.15, -0.1) is 0 Å². The molecule has 1 aliphatic rings. The maximum absolute atomic E-state index is 11.8. The van der Waals surface area contributed by atoms with Crippen molar-refractivity contribution in [3.63, 3.8) is 0 Å². The first-order valence-corrected chi connectivity index (χ1v) is 6.97. The lowest BCUT2D eigenvalue weighted by Crippen LogP contribution is -2.41. The zero-order chi connectivity index (χ0) is 14.5. The van der Waals surface area contributed by atoms with Crippen LogP contribution >= 0.6 is 0 Å². The Kier molecular flexibility index (Phi) is 5.63. The number of carboxylic acids is 1. The number of rotatable bonds is 4. The van der Waals surface area contributed by atoms with Crippen molar-refractivity contribution in [1.29, 1.82) is 0 Å². The second kappa shape index (κ2) is 6.78. The minimum atomic E-state index is -0.730. The van der Waals surface area contributed by atoms with Crippen LogP contribution in [0.3, 0.4) is 0 Å². The van der Waals surface area contributed by atoms with Gasteiger partial charge in [-0.05, 0) is 52.4 Å². The molecule has 0 bridgehead atoms. The normalized spacial score (nSPS) is 17.3. The third kappa shape index (κ3) is 6.45. The summed E-state index contributed by atoms with van der Waals surface area (Å²) >= 11 is 0.